The highest BCUT2D eigenvalue weighted by Crippen LogP contribution is 2.48. The molecular weight excluding hydrogens is 445 g/mol. The van der Waals surface area contributed by atoms with E-state index in [0.717, 1.165) is 18.1 Å². The minimum Gasteiger partial charge on any atom is -0.384 e. The van der Waals surface area contributed by atoms with E-state index in [0.29, 0.717) is 43.7 Å². The van der Waals surface area contributed by atoms with Gasteiger partial charge in [-0.3, -0.25) is 4.79 Å². The summed E-state index contributed by atoms with van der Waals surface area (Å²) in [7, 11) is 3.44. The molecule has 2 heterocycles. The highest BCUT2D eigenvalue weighted by atomic mass is 19.4. The number of carbonyl (C=O) groups is 1. The number of fused-ring (bicyclic) bond motifs is 1. The molecule has 0 bridgehead atoms. The van der Waals surface area contributed by atoms with Gasteiger partial charge in [0.25, 0.3) is 5.91 Å². The summed E-state index contributed by atoms with van der Waals surface area (Å²) in [5, 5.41) is 0. The van der Waals surface area contributed by atoms with Crippen LogP contribution in [-0.2, 0) is 29.2 Å². The fourth-order valence-electron chi connectivity index (χ4n) is 5.21. The Hall–Kier alpha value is -2.94. The van der Waals surface area contributed by atoms with Crippen LogP contribution in [0.3, 0.4) is 0 Å². The molecule has 1 aromatic heterocycles. The number of hydrogen-bond acceptors (Lipinski definition) is 4. The zero-order chi connectivity index (χ0) is 24.5. The van der Waals surface area contributed by atoms with Gasteiger partial charge in [0.15, 0.2) is 0 Å². The molecule has 34 heavy (non-hydrogen) atoms. The maximum Gasteiger partial charge on any atom is 0.416 e. The van der Waals surface area contributed by atoms with E-state index in [2.05, 4.69) is 16.6 Å². The number of ether oxygens (including phenoxy) is 1. The molecule has 182 valence electrons. The van der Waals surface area contributed by atoms with Crippen LogP contribution in [0.25, 0.3) is 0 Å². The van der Waals surface area contributed by atoms with Crippen molar-refractivity contribution in [1.29, 1.82) is 0 Å². The van der Waals surface area contributed by atoms with E-state index in [4.69, 9.17) is 4.74 Å². The number of benzene rings is 1. The van der Waals surface area contributed by atoms with Crippen LogP contribution in [0.1, 0.15) is 35.4 Å². The van der Waals surface area contributed by atoms with Gasteiger partial charge in [0.05, 0.1) is 12.2 Å². The van der Waals surface area contributed by atoms with Crippen molar-refractivity contribution in [3.8, 4) is 0 Å². The minimum atomic E-state index is -4.36. The number of amides is 1. The number of likely N-dealkylation sites (tertiary alicyclic amines) is 1. The predicted molar refractivity (Wildman–Crippen MR) is 120 cm³/mol. The van der Waals surface area contributed by atoms with Gasteiger partial charge in [0.1, 0.15) is 5.70 Å². The number of alkyl halides is 3. The highest BCUT2D eigenvalue weighted by molar-refractivity contribution is 5.92. The first-order chi connectivity index (χ1) is 16.2. The Labute approximate surface area is 196 Å². The van der Waals surface area contributed by atoms with Gasteiger partial charge in [0.2, 0.25) is 5.62 Å². The Morgan fingerprint density at radius 1 is 1.24 bits per heavy atom. The number of methoxy groups -OCH3 is 1. The van der Waals surface area contributed by atoms with Crippen LogP contribution in [0.15, 0.2) is 53.9 Å². The fraction of sp³-hybridized carbons (Fsp3) is 0.480. The maximum absolute atomic E-state index is 13.4. The summed E-state index contributed by atoms with van der Waals surface area (Å²) in [6.07, 6.45) is 1.25. The van der Waals surface area contributed by atoms with Gasteiger partial charge in [-0.25, -0.2) is 9.98 Å². The first-order valence-corrected chi connectivity index (χ1v) is 11.4. The Bertz CT molecular complexity index is 1130. The van der Waals surface area contributed by atoms with E-state index in [9.17, 15) is 18.0 Å². The van der Waals surface area contributed by atoms with Crippen LogP contribution in [-0.4, -0.2) is 47.2 Å². The van der Waals surface area contributed by atoms with E-state index in [1.807, 2.05) is 6.20 Å². The van der Waals surface area contributed by atoms with Crippen LogP contribution in [0.4, 0.5) is 13.2 Å². The summed E-state index contributed by atoms with van der Waals surface area (Å²) < 4.78 is 47.2. The van der Waals surface area contributed by atoms with Crippen molar-refractivity contribution in [3.63, 3.8) is 0 Å². The number of aromatic nitrogens is 2. The van der Waals surface area contributed by atoms with Crippen molar-refractivity contribution in [1.82, 2.24) is 14.5 Å². The third kappa shape index (κ3) is 5.09. The lowest BCUT2D eigenvalue weighted by molar-refractivity contribution is -0.138. The van der Waals surface area contributed by atoms with Crippen molar-refractivity contribution >= 4 is 5.91 Å². The third-order valence-corrected chi connectivity index (χ3v) is 6.84. The molecule has 6 nitrogen and oxygen atoms in total. The number of carbonyl (C=O) groups excluding carboxylic acids is 1. The van der Waals surface area contributed by atoms with E-state index in [1.165, 1.54) is 6.07 Å². The number of rotatable bonds is 6. The number of aryl methyl sites for hydroxylation is 1. The minimum absolute atomic E-state index is 0.103. The lowest BCUT2D eigenvalue weighted by Crippen LogP contribution is -2.32. The molecule has 9 heteroatoms. The van der Waals surface area contributed by atoms with Crippen LogP contribution < -0.4 is 5.62 Å². The molecular formula is C25H29F3N4O2. The monoisotopic (exact) mass is 474 g/mol. The fourth-order valence-corrected chi connectivity index (χ4v) is 5.21. The largest absolute Gasteiger partial charge is 0.416 e. The average molecular weight is 475 g/mol. The zero-order valence-electron chi connectivity index (χ0n) is 19.4. The second kappa shape index (κ2) is 9.74. The van der Waals surface area contributed by atoms with E-state index in [-0.39, 0.29) is 29.4 Å². The van der Waals surface area contributed by atoms with E-state index >= 15 is 0 Å². The van der Waals surface area contributed by atoms with Crippen molar-refractivity contribution in [2.75, 3.05) is 26.8 Å². The summed E-state index contributed by atoms with van der Waals surface area (Å²) in [4.78, 5) is 23.3. The molecule has 2 aromatic rings. The second-order valence-electron chi connectivity index (χ2n) is 9.16. The summed E-state index contributed by atoms with van der Waals surface area (Å²) >= 11 is 0. The quantitative estimate of drug-likeness (QED) is 0.600. The topological polar surface area (TPSA) is 59.7 Å². The van der Waals surface area contributed by atoms with Gasteiger partial charge in [-0.15, -0.1) is 0 Å². The lowest BCUT2D eigenvalue weighted by atomic mass is 9.91. The third-order valence-electron chi connectivity index (χ3n) is 6.84. The van der Waals surface area contributed by atoms with Gasteiger partial charge in [-0.2, -0.15) is 13.2 Å². The Morgan fingerprint density at radius 3 is 2.53 bits per heavy atom. The number of hydrogen-bond donors (Lipinski definition) is 0. The molecule has 1 amide bonds. The molecule has 1 aliphatic heterocycles. The molecule has 0 radical (unpaired) electrons. The van der Waals surface area contributed by atoms with Gasteiger partial charge in [-0.05, 0) is 54.2 Å². The predicted octanol–water partition coefficient (Wildman–Crippen LogP) is 3.69. The Kier molecular flexibility index (Phi) is 6.93. The molecule has 1 aliphatic carbocycles. The zero-order valence-corrected chi connectivity index (χ0v) is 19.4. The standard InChI is InChI=1S/C25H29F3N4O2/c1-16(30-24-29-12-17(8-9-34-3)13-31(24)2)23(33)32-14-19-10-18(11-20(19)15-32)21-6-4-5-7-22(21)25(26,27)28/h4-7,12-13,18-20H,1,8-11,14-15H2,2-3H3/t18?,19-,20+. The molecule has 3 atom stereocenters. The summed E-state index contributed by atoms with van der Waals surface area (Å²) in [6, 6.07) is 5.84. The molecule has 1 saturated carbocycles. The molecule has 2 fully saturated rings. The summed E-state index contributed by atoms with van der Waals surface area (Å²) in [5.74, 6) is -0.0422. The Balaban J connectivity index is 1.41. The summed E-state index contributed by atoms with van der Waals surface area (Å²) in [6.45, 7) is 5.46. The number of halogens is 3. The van der Waals surface area contributed by atoms with Crippen molar-refractivity contribution in [2.24, 2.45) is 23.9 Å². The van der Waals surface area contributed by atoms with Gasteiger partial charge in [0, 0.05) is 39.6 Å². The van der Waals surface area contributed by atoms with Crippen molar-refractivity contribution < 1.29 is 22.7 Å². The molecule has 4 rings (SSSR count). The van der Waals surface area contributed by atoms with Gasteiger partial charge >= 0.3 is 6.18 Å². The van der Waals surface area contributed by atoms with Gasteiger partial charge < -0.3 is 14.2 Å². The maximum atomic E-state index is 13.4. The molecule has 2 aliphatic rings. The van der Waals surface area contributed by atoms with E-state index in [1.54, 1.807) is 42.0 Å². The van der Waals surface area contributed by atoms with E-state index < -0.39 is 11.7 Å². The Morgan fingerprint density at radius 2 is 1.91 bits per heavy atom. The van der Waals surface area contributed by atoms with Crippen molar-refractivity contribution in [2.45, 2.75) is 31.4 Å². The molecule has 0 N–H and O–H groups in total. The second-order valence-corrected chi connectivity index (χ2v) is 9.16. The van der Waals surface area contributed by atoms with Crippen LogP contribution in [0, 0.1) is 11.8 Å². The smallest absolute Gasteiger partial charge is 0.384 e. The highest BCUT2D eigenvalue weighted by Gasteiger charge is 2.45. The lowest BCUT2D eigenvalue weighted by Gasteiger charge is -2.21. The van der Waals surface area contributed by atoms with Crippen LogP contribution >= 0.6 is 0 Å². The summed E-state index contributed by atoms with van der Waals surface area (Å²) in [5.41, 5.74) is 1.30. The number of nitrogens with zero attached hydrogens (tertiary/aromatic N) is 4. The SMILES string of the molecule is C=C(N=c1ncc(CCOC)cn1C)C(=O)N1C[C@H]2CC(c3ccccc3C(F)(F)F)C[C@H]2C1. The first kappa shape index (κ1) is 24.2. The molecule has 1 aromatic carbocycles. The average Bonchev–Trinajstić information content (AvgIpc) is 3.37. The molecule has 1 unspecified atom stereocenters. The van der Waals surface area contributed by atoms with Crippen molar-refractivity contribution in [3.05, 3.63) is 71.2 Å². The molecule has 0 spiro atoms. The molecule has 1 saturated heterocycles. The normalized spacial score (nSPS) is 22.8. The first-order valence-electron chi connectivity index (χ1n) is 11.4. The van der Waals surface area contributed by atoms with Crippen LogP contribution in [0.5, 0.6) is 0 Å². The van der Waals surface area contributed by atoms with Gasteiger partial charge in [-0.1, -0.05) is 24.8 Å². The van der Waals surface area contributed by atoms with Crippen LogP contribution in [0.2, 0.25) is 0 Å².